The van der Waals surface area contributed by atoms with Gasteiger partial charge in [-0.05, 0) is 0 Å². The van der Waals surface area contributed by atoms with Crippen LogP contribution in [0, 0.1) is 0 Å². The minimum atomic E-state index is -3.63. The number of nitrogens with zero attached hydrogens (tertiary/aromatic N) is 1. The van der Waals surface area contributed by atoms with Crippen molar-refractivity contribution >= 4 is 10.0 Å². The lowest BCUT2D eigenvalue weighted by atomic mass is 10.2. The van der Waals surface area contributed by atoms with Gasteiger partial charge in [0, 0.05) is 5.92 Å². The highest BCUT2D eigenvalue weighted by atomic mass is 32.2. The van der Waals surface area contributed by atoms with Gasteiger partial charge in [-0.25, -0.2) is 18.5 Å². The number of hydrogen-bond acceptors (Lipinski definition) is 3. The van der Waals surface area contributed by atoms with Crippen molar-refractivity contribution in [1.82, 2.24) is 9.97 Å². The van der Waals surface area contributed by atoms with E-state index in [1.807, 2.05) is 13.8 Å². The maximum absolute atomic E-state index is 10.8. The third-order valence-electron chi connectivity index (χ3n) is 1.43. The molecule has 0 saturated carbocycles. The molecule has 1 aromatic rings. The van der Waals surface area contributed by atoms with Crippen molar-refractivity contribution in [1.29, 1.82) is 0 Å². The molecule has 0 aliphatic heterocycles. The van der Waals surface area contributed by atoms with Gasteiger partial charge in [0.05, 0.1) is 6.20 Å². The molecule has 0 amide bonds. The average molecular weight is 189 g/mol. The number of nitrogens with one attached hydrogen (secondary N) is 1. The van der Waals surface area contributed by atoms with Gasteiger partial charge in [-0.15, -0.1) is 0 Å². The van der Waals surface area contributed by atoms with Gasteiger partial charge in [-0.2, -0.15) is 0 Å². The minimum Gasteiger partial charge on any atom is -0.332 e. The highest BCUT2D eigenvalue weighted by Gasteiger charge is 2.12. The summed E-state index contributed by atoms with van der Waals surface area (Å²) >= 11 is 0. The molecule has 1 aromatic heterocycles. The van der Waals surface area contributed by atoms with E-state index in [0.717, 1.165) is 0 Å². The number of aromatic nitrogens is 2. The van der Waals surface area contributed by atoms with E-state index in [0.29, 0.717) is 5.82 Å². The monoisotopic (exact) mass is 189 g/mol. The second-order valence-electron chi connectivity index (χ2n) is 2.83. The Bertz CT molecular complexity index is 366. The molecule has 6 heteroatoms. The van der Waals surface area contributed by atoms with E-state index in [-0.39, 0.29) is 10.9 Å². The first-order valence-corrected chi connectivity index (χ1v) is 5.03. The molecule has 5 nitrogen and oxygen atoms in total. The van der Waals surface area contributed by atoms with Crippen LogP contribution in [0.25, 0.3) is 0 Å². The van der Waals surface area contributed by atoms with Crippen molar-refractivity contribution in [2.24, 2.45) is 5.14 Å². The fourth-order valence-electron chi connectivity index (χ4n) is 0.757. The Balaban J connectivity index is 3.09. The zero-order valence-electron chi connectivity index (χ0n) is 6.90. The van der Waals surface area contributed by atoms with Crippen molar-refractivity contribution in [3.8, 4) is 0 Å². The molecule has 12 heavy (non-hydrogen) atoms. The van der Waals surface area contributed by atoms with Crippen molar-refractivity contribution in [3.05, 3.63) is 12.0 Å². The molecule has 3 N–H and O–H groups in total. The van der Waals surface area contributed by atoms with E-state index in [9.17, 15) is 8.42 Å². The van der Waals surface area contributed by atoms with Gasteiger partial charge in [0.15, 0.2) is 5.03 Å². The molecule has 0 bridgehead atoms. The number of H-pyrrole nitrogens is 1. The summed E-state index contributed by atoms with van der Waals surface area (Å²) in [6, 6.07) is 0. The second-order valence-corrected chi connectivity index (χ2v) is 4.36. The lowest BCUT2D eigenvalue weighted by Crippen LogP contribution is -2.12. The summed E-state index contributed by atoms with van der Waals surface area (Å²) < 4.78 is 21.6. The number of aromatic amines is 1. The van der Waals surface area contributed by atoms with Crippen LogP contribution < -0.4 is 5.14 Å². The predicted octanol–water partition coefficient (Wildman–Crippen LogP) is 0.181. The molecule has 0 fully saturated rings. The number of primary sulfonamides is 1. The van der Waals surface area contributed by atoms with Crippen molar-refractivity contribution < 1.29 is 8.42 Å². The Morgan fingerprint density at radius 1 is 1.58 bits per heavy atom. The van der Waals surface area contributed by atoms with Crippen LogP contribution in [-0.2, 0) is 10.0 Å². The zero-order chi connectivity index (χ0) is 9.35. The van der Waals surface area contributed by atoms with Gasteiger partial charge in [0.2, 0.25) is 0 Å². The first-order chi connectivity index (χ1) is 5.41. The first kappa shape index (κ1) is 9.21. The van der Waals surface area contributed by atoms with Crippen LogP contribution in [0.1, 0.15) is 25.6 Å². The van der Waals surface area contributed by atoms with Gasteiger partial charge >= 0.3 is 0 Å². The fourth-order valence-corrected chi connectivity index (χ4v) is 1.20. The van der Waals surface area contributed by atoms with E-state index in [4.69, 9.17) is 5.14 Å². The summed E-state index contributed by atoms with van der Waals surface area (Å²) in [5, 5.41) is 4.84. The lowest BCUT2D eigenvalue weighted by Gasteiger charge is -1.97. The molecule has 68 valence electrons. The van der Waals surface area contributed by atoms with Crippen LogP contribution in [0.2, 0.25) is 0 Å². The van der Waals surface area contributed by atoms with Gasteiger partial charge in [-0.1, -0.05) is 13.8 Å². The molecule has 1 rings (SSSR count). The Labute approximate surface area is 71.1 Å². The predicted molar refractivity (Wildman–Crippen MR) is 44.0 cm³/mol. The number of hydrogen-bond donors (Lipinski definition) is 2. The summed E-state index contributed by atoms with van der Waals surface area (Å²) in [6.07, 6.45) is 1.23. The summed E-state index contributed by atoms with van der Waals surface area (Å²) in [4.78, 5) is 6.50. The van der Waals surface area contributed by atoms with E-state index >= 15 is 0 Å². The average Bonchev–Trinajstić information content (AvgIpc) is 2.30. The van der Waals surface area contributed by atoms with Crippen molar-refractivity contribution in [2.75, 3.05) is 0 Å². The first-order valence-electron chi connectivity index (χ1n) is 3.49. The topological polar surface area (TPSA) is 88.8 Å². The van der Waals surface area contributed by atoms with Crippen LogP contribution in [0.15, 0.2) is 11.2 Å². The number of imidazole rings is 1. The maximum atomic E-state index is 10.8. The molecule has 0 unspecified atom stereocenters. The maximum Gasteiger partial charge on any atom is 0.255 e. The summed E-state index contributed by atoms with van der Waals surface area (Å²) in [5.41, 5.74) is 0. The fraction of sp³-hybridized carbons (Fsp3) is 0.500. The van der Waals surface area contributed by atoms with Gasteiger partial charge in [0.1, 0.15) is 5.82 Å². The Kier molecular flexibility index (Phi) is 2.20. The molecule has 0 aliphatic carbocycles. The molecule has 0 spiro atoms. The Morgan fingerprint density at radius 2 is 2.17 bits per heavy atom. The third-order valence-corrected chi connectivity index (χ3v) is 2.25. The highest BCUT2D eigenvalue weighted by molar-refractivity contribution is 7.89. The molecular weight excluding hydrogens is 178 g/mol. The van der Waals surface area contributed by atoms with E-state index < -0.39 is 10.0 Å². The summed E-state index contributed by atoms with van der Waals surface area (Å²) in [7, 11) is -3.63. The SMILES string of the molecule is CC(C)c1ncc(S(N)(=O)=O)[nH]1. The molecule has 0 atom stereocenters. The molecule has 0 aliphatic rings. The van der Waals surface area contributed by atoms with Crippen LogP contribution >= 0.6 is 0 Å². The Hall–Kier alpha value is -0.880. The smallest absolute Gasteiger partial charge is 0.255 e. The van der Waals surface area contributed by atoms with E-state index in [1.54, 1.807) is 0 Å². The lowest BCUT2D eigenvalue weighted by molar-refractivity contribution is 0.594. The van der Waals surface area contributed by atoms with Gasteiger partial charge in [-0.3, -0.25) is 0 Å². The van der Waals surface area contributed by atoms with Crippen LogP contribution in [-0.4, -0.2) is 18.4 Å². The Morgan fingerprint density at radius 3 is 2.42 bits per heavy atom. The summed E-state index contributed by atoms with van der Waals surface area (Å²) in [5.74, 6) is 0.791. The van der Waals surface area contributed by atoms with Crippen LogP contribution in [0.5, 0.6) is 0 Å². The van der Waals surface area contributed by atoms with Gasteiger partial charge in [0.25, 0.3) is 10.0 Å². The quantitative estimate of drug-likeness (QED) is 0.695. The standard InChI is InChI=1S/C6H11N3O2S/c1-4(2)6-8-3-5(9-6)12(7,10)11/h3-4H,1-2H3,(H,8,9)(H2,7,10,11). The third kappa shape index (κ3) is 1.83. The largest absolute Gasteiger partial charge is 0.332 e. The zero-order valence-corrected chi connectivity index (χ0v) is 7.72. The molecule has 0 saturated heterocycles. The van der Waals surface area contributed by atoms with Crippen LogP contribution in [0.4, 0.5) is 0 Å². The van der Waals surface area contributed by atoms with Crippen LogP contribution in [0.3, 0.4) is 0 Å². The van der Waals surface area contributed by atoms with E-state index in [2.05, 4.69) is 9.97 Å². The highest BCUT2D eigenvalue weighted by Crippen LogP contribution is 2.11. The van der Waals surface area contributed by atoms with Crippen molar-refractivity contribution in [3.63, 3.8) is 0 Å². The molecule has 1 heterocycles. The second kappa shape index (κ2) is 2.87. The minimum absolute atomic E-state index is 0.0359. The normalized spacial score (nSPS) is 12.3. The van der Waals surface area contributed by atoms with Crippen molar-refractivity contribution in [2.45, 2.75) is 24.8 Å². The number of rotatable bonds is 2. The van der Waals surface area contributed by atoms with Gasteiger partial charge < -0.3 is 4.98 Å². The number of sulfonamides is 1. The molecular formula is C6H11N3O2S. The molecule has 0 radical (unpaired) electrons. The molecule has 0 aromatic carbocycles. The number of nitrogens with two attached hydrogens (primary N) is 1. The summed E-state index contributed by atoms with van der Waals surface area (Å²) in [6.45, 7) is 3.82. The van der Waals surface area contributed by atoms with E-state index in [1.165, 1.54) is 6.20 Å².